The quantitative estimate of drug-likeness (QED) is 0.708. The molecular weight excluding hydrogens is 216 g/mol. The lowest BCUT2D eigenvalue weighted by atomic mass is 9.92. The summed E-state index contributed by atoms with van der Waals surface area (Å²) in [5.74, 6) is 0.0221. The van der Waals surface area contributed by atoms with E-state index < -0.39 is 5.60 Å². The molecule has 2 fully saturated rings. The normalized spacial score (nSPS) is 30.1. The first-order valence-electron chi connectivity index (χ1n) is 6.87. The first-order chi connectivity index (χ1) is 8.11. The summed E-state index contributed by atoms with van der Waals surface area (Å²) >= 11 is 0. The molecule has 1 unspecified atom stereocenters. The molecule has 0 aromatic rings. The van der Waals surface area contributed by atoms with Gasteiger partial charge in [-0.15, -0.1) is 0 Å². The lowest BCUT2D eigenvalue weighted by Crippen LogP contribution is -2.53. The largest absolute Gasteiger partial charge is 0.388 e. The molecule has 0 radical (unpaired) electrons. The molecule has 2 rings (SSSR count). The molecule has 0 aromatic carbocycles. The number of hydrogen-bond acceptors (Lipinski definition) is 3. The van der Waals surface area contributed by atoms with Gasteiger partial charge in [0.15, 0.2) is 0 Å². The van der Waals surface area contributed by atoms with Crippen molar-refractivity contribution >= 4 is 5.91 Å². The number of amides is 1. The van der Waals surface area contributed by atoms with Gasteiger partial charge in [0.1, 0.15) is 0 Å². The number of hydrogen-bond donors (Lipinski definition) is 2. The second-order valence-electron chi connectivity index (χ2n) is 5.65. The van der Waals surface area contributed by atoms with Crippen LogP contribution in [0.1, 0.15) is 51.4 Å². The molecule has 1 heterocycles. The van der Waals surface area contributed by atoms with Crippen molar-refractivity contribution < 1.29 is 9.90 Å². The van der Waals surface area contributed by atoms with Gasteiger partial charge < -0.3 is 15.7 Å². The maximum atomic E-state index is 11.9. The van der Waals surface area contributed by atoms with Crippen molar-refractivity contribution in [1.82, 2.24) is 4.90 Å². The lowest BCUT2D eigenvalue weighted by molar-refractivity contribution is -0.139. The molecule has 17 heavy (non-hydrogen) atoms. The van der Waals surface area contributed by atoms with Gasteiger partial charge >= 0.3 is 0 Å². The number of likely N-dealkylation sites (tertiary alicyclic amines) is 1. The number of β-amino-alcohol motifs (C(OH)–C–C–N with tert-alkyl or cyclic N) is 1. The molecule has 98 valence electrons. The molecule has 1 aliphatic carbocycles. The Hall–Kier alpha value is -0.610. The van der Waals surface area contributed by atoms with Crippen molar-refractivity contribution in [3.63, 3.8) is 0 Å². The molecule has 0 bridgehead atoms. The monoisotopic (exact) mass is 240 g/mol. The Labute approximate surface area is 103 Å². The van der Waals surface area contributed by atoms with Crippen LogP contribution in [-0.4, -0.2) is 40.6 Å². The lowest BCUT2D eigenvalue weighted by Gasteiger charge is -2.37. The van der Waals surface area contributed by atoms with Crippen molar-refractivity contribution in [2.75, 3.05) is 13.1 Å². The van der Waals surface area contributed by atoms with Gasteiger partial charge in [-0.05, 0) is 25.7 Å². The Bertz CT molecular complexity index is 273. The predicted octanol–water partition coefficient (Wildman–Crippen LogP) is 1.02. The van der Waals surface area contributed by atoms with Crippen LogP contribution < -0.4 is 5.73 Å². The first-order valence-corrected chi connectivity index (χ1v) is 6.87. The fourth-order valence-corrected chi connectivity index (χ4v) is 3.03. The second-order valence-corrected chi connectivity index (χ2v) is 5.65. The number of piperidine rings is 1. The Balaban J connectivity index is 1.96. The van der Waals surface area contributed by atoms with E-state index in [1.165, 1.54) is 12.8 Å². The van der Waals surface area contributed by atoms with E-state index in [1.54, 1.807) is 4.90 Å². The average molecular weight is 240 g/mol. The number of aliphatic hydroxyl groups is 1. The van der Waals surface area contributed by atoms with Crippen molar-refractivity contribution in [3.05, 3.63) is 0 Å². The number of nitrogens with zero attached hydrogens (tertiary/aromatic N) is 1. The van der Waals surface area contributed by atoms with Gasteiger partial charge in [0.2, 0.25) is 5.91 Å². The zero-order valence-corrected chi connectivity index (χ0v) is 10.5. The van der Waals surface area contributed by atoms with Gasteiger partial charge in [-0.1, -0.05) is 25.7 Å². The fraction of sp³-hybridized carbons (Fsp3) is 0.923. The minimum atomic E-state index is -0.663. The summed E-state index contributed by atoms with van der Waals surface area (Å²) in [5.41, 5.74) is 5.11. The molecular formula is C13H24N2O2. The summed E-state index contributed by atoms with van der Waals surface area (Å²) < 4.78 is 0. The highest BCUT2D eigenvalue weighted by Crippen LogP contribution is 2.28. The number of carbonyl (C=O) groups excluding carboxylic acids is 1. The predicted molar refractivity (Wildman–Crippen MR) is 66.4 cm³/mol. The average Bonchev–Trinajstić information content (AvgIpc) is 2.50. The van der Waals surface area contributed by atoms with Gasteiger partial charge in [-0.25, -0.2) is 0 Å². The summed E-state index contributed by atoms with van der Waals surface area (Å²) in [6.07, 6.45) is 7.95. The van der Waals surface area contributed by atoms with Crippen molar-refractivity contribution in [2.24, 2.45) is 5.73 Å². The highest BCUT2D eigenvalue weighted by molar-refractivity contribution is 5.82. The van der Waals surface area contributed by atoms with Crippen LogP contribution in [0.25, 0.3) is 0 Å². The third-order valence-corrected chi connectivity index (χ3v) is 4.09. The summed E-state index contributed by atoms with van der Waals surface area (Å²) in [5, 5.41) is 10.6. The Morgan fingerprint density at radius 2 is 1.88 bits per heavy atom. The molecule has 1 amide bonds. The van der Waals surface area contributed by atoms with E-state index in [9.17, 15) is 9.90 Å². The topological polar surface area (TPSA) is 66.6 Å². The summed E-state index contributed by atoms with van der Waals surface area (Å²) in [4.78, 5) is 13.7. The molecule has 0 aromatic heterocycles. The van der Waals surface area contributed by atoms with E-state index in [1.807, 2.05) is 0 Å². The highest BCUT2D eigenvalue weighted by atomic mass is 16.3. The summed E-state index contributed by atoms with van der Waals surface area (Å²) in [6.45, 7) is 1.24. The molecule has 1 atom stereocenters. The third kappa shape index (κ3) is 3.19. The van der Waals surface area contributed by atoms with Crippen LogP contribution in [0, 0.1) is 0 Å². The van der Waals surface area contributed by atoms with Crippen molar-refractivity contribution in [2.45, 2.75) is 63.0 Å². The molecule has 2 aliphatic rings. The Morgan fingerprint density at radius 3 is 2.53 bits per heavy atom. The zero-order valence-electron chi connectivity index (χ0n) is 10.5. The van der Waals surface area contributed by atoms with Crippen LogP contribution in [0.4, 0.5) is 0 Å². The Morgan fingerprint density at radius 1 is 1.24 bits per heavy atom. The van der Waals surface area contributed by atoms with Gasteiger partial charge in [-0.3, -0.25) is 4.79 Å². The van der Waals surface area contributed by atoms with E-state index in [4.69, 9.17) is 5.73 Å². The van der Waals surface area contributed by atoms with E-state index in [2.05, 4.69) is 0 Å². The van der Waals surface area contributed by atoms with E-state index in [-0.39, 0.29) is 11.9 Å². The number of carbonyl (C=O) groups is 1. The zero-order chi connectivity index (χ0) is 12.3. The van der Waals surface area contributed by atoms with Crippen molar-refractivity contribution in [1.29, 1.82) is 0 Å². The maximum Gasteiger partial charge on any atom is 0.239 e. The second kappa shape index (κ2) is 5.36. The van der Waals surface area contributed by atoms with E-state index in [0.717, 1.165) is 45.1 Å². The standard InChI is InChI=1S/C13H24N2O2/c14-11-6-5-9-15(12(11)16)10-13(17)7-3-1-2-4-8-13/h11,17H,1-10,14H2. The van der Waals surface area contributed by atoms with Gasteiger partial charge in [0.25, 0.3) is 0 Å². The van der Waals surface area contributed by atoms with E-state index in [0.29, 0.717) is 6.54 Å². The first kappa shape index (κ1) is 12.8. The molecule has 3 N–H and O–H groups in total. The highest BCUT2D eigenvalue weighted by Gasteiger charge is 2.34. The number of rotatable bonds is 2. The molecule has 4 heteroatoms. The molecule has 4 nitrogen and oxygen atoms in total. The van der Waals surface area contributed by atoms with Crippen LogP contribution in [-0.2, 0) is 4.79 Å². The molecule has 1 saturated carbocycles. The van der Waals surface area contributed by atoms with Gasteiger partial charge in [-0.2, -0.15) is 0 Å². The van der Waals surface area contributed by atoms with Crippen LogP contribution in [0.5, 0.6) is 0 Å². The smallest absolute Gasteiger partial charge is 0.239 e. The maximum absolute atomic E-state index is 11.9. The third-order valence-electron chi connectivity index (χ3n) is 4.09. The van der Waals surface area contributed by atoms with Gasteiger partial charge in [0, 0.05) is 13.1 Å². The van der Waals surface area contributed by atoms with Crippen molar-refractivity contribution in [3.8, 4) is 0 Å². The SMILES string of the molecule is NC1CCCN(CC2(O)CCCCCC2)C1=O. The number of nitrogens with two attached hydrogens (primary N) is 1. The van der Waals surface area contributed by atoms with Gasteiger partial charge in [0.05, 0.1) is 11.6 Å². The minimum Gasteiger partial charge on any atom is -0.388 e. The van der Waals surface area contributed by atoms with Crippen LogP contribution in [0.2, 0.25) is 0 Å². The van der Waals surface area contributed by atoms with Crippen LogP contribution in [0.15, 0.2) is 0 Å². The minimum absolute atomic E-state index is 0.0221. The van der Waals surface area contributed by atoms with E-state index >= 15 is 0 Å². The van der Waals surface area contributed by atoms with Crippen LogP contribution >= 0.6 is 0 Å². The summed E-state index contributed by atoms with van der Waals surface area (Å²) in [6, 6.07) is -0.349. The molecule has 0 spiro atoms. The molecule has 1 aliphatic heterocycles. The summed E-state index contributed by atoms with van der Waals surface area (Å²) in [7, 11) is 0. The Kier molecular flexibility index (Phi) is 4.05. The fourth-order valence-electron chi connectivity index (χ4n) is 3.03. The molecule has 1 saturated heterocycles. The van der Waals surface area contributed by atoms with Crippen LogP contribution in [0.3, 0.4) is 0 Å².